The highest BCUT2D eigenvalue weighted by atomic mass is 19.1. The van der Waals surface area contributed by atoms with E-state index in [0.29, 0.717) is 24.1 Å². The Morgan fingerprint density at radius 1 is 0.944 bits per heavy atom. The first-order valence-electron chi connectivity index (χ1n) is 6.14. The van der Waals surface area contributed by atoms with Gasteiger partial charge in [-0.1, -0.05) is 42.5 Å². The topological polar surface area (TPSA) is 23.9 Å². The first-order chi connectivity index (χ1) is 8.75. The van der Waals surface area contributed by atoms with Gasteiger partial charge in [-0.25, -0.2) is 4.39 Å². The smallest absolute Gasteiger partial charge is 0.127 e. The summed E-state index contributed by atoms with van der Waals surface area (Å²) < 4.78 is 13.9. The summed E-state index contributed by atoms with van der Waals surface area (Å²) in [6.45, 7) is 0. The van der Waals surface area contributed by atoms with E-state index in [1.807, 2.05) is 30.3 Å². The van der Waals surface area contributed by atoms with Crippen molar-refractivity contribution in [3.63, 3.8) is 0 Å². The lowest BCUT2D eigenvalue weighted by atomic mass is 9.78. The summed E-state index contributed by atoms with van der Waals surface area (Å²) in [6.07, 6.45) is 1.32. The van der Waals surface area contributed by atoms with Crippen LogP contribution >= 0.6 is 0 Å². The van der Waals surface area contributed by atoms with Crippen LogP contribution in [0.25, 0.3) is 0 Å². The van der Waals surface area contributed by atoms with Gasteiger partial charge in [-0.05, 0) is 29.2 Å². The quantitative estimate of drug-likeness (QED) is 0.779. The van der Waals surface area contributed by atoms with Crippen molar-refractivity contribution >= 4 is 5.71 Å². The summed E-state index contributed by atoms with van der Waals surface area (Å²) >= 11 is 0. The molecule has 0 amide bonds. The number of hydrogen-bond acceptors (Lipinski definition) is 1. The van der Waals surface area contributed by atoms with Gasteiger partial charge in [0.25, 0.3) is 0 Å². The fraction of sp³-hybridized carbons (Fsp3) is 0.188. The Morgan fingerprint density at radius 3 is 2.39 bits per heavy atom. The third kappa shape index (κ3) is 1.84. The average molecular weight is 239 g/mol. The minimum absolute atomic E-state index is 0.0105. The summed E-state index contributed by atoms with van der Waals surface area (Å²) in [5.74, 6) is -0.185. The van der Waals surface area contributed by atoms with E-state index in [0.717, 1.165) is 5.56 Å². The largest absolute Gasteiger partial charge is 0.309 e. The van der Waals surface area contributed by atoms with Gasteiger partial charge in [0, 0.05) is 18.1 Å². The maximum atomic E-state index is 13.9. The highest BCUT2D eigenvalue weighted by Gasteiger charge is 2.25. The summed E-state index contributed by atoms with van der Waals surface area (Å²) in [5.41, 5.74) is 3.71. The van der Waals surface area contributed by atoms with Crippen LogP contribution in [-0.4, -0.2) is 5.71 Å². The lowest BCUT2D eigenvalue weighted by Gasteiger charge is -2.26. The van der Waals surface area contributed by atoms with Gasteiger partial charge in [-0.15, -0.1) is 0 Å². The molecular weight excluding hydrogens is 225 g/mol. The molecule has 2 heteroatoms. The second-order valence-electron chi connectivity index (χ2n) is 4.76. The summed E-state index contributed by atoms with van der Waals surface area (Å²) in [7, 11) is 0. The van der Waals surface area contributed by atoms with Crippen molar-refractivity contribution in [2.75, 3.05) is 0 Å². The molecule has 1 N–H and O–H groups in total. The normalized spacial score (nSPS) is 18.5. The van der Waals surface area contributed by atoms with E-state index >= 15 is 0 Å². The molecule has 3 rings (SSSR count). The molecule has 0 saturated heterocycles. The van der Waals surface area contributed by atoms with E-state index in [-0.39, 0.29) is 11.7 Å². The van der Waals surface area contributed by atoms with Crippen molar-refractivity contribution in [2.24, 2.45) is 0 Å². The lowest BCUT2D eigenvalue weighted by molar-refractivity contribution is 0.596. The zero-order valence-corrected chi connectivity index (χ0v) is 9.99. The summed E-state index contributed by atoms with van der Waals surface area (Å²) in [4.78, 5) is 0. The minimum Gasteiger partial charge on any atom is -0.309 e. The number of benzene rings is 2. The highest BCUT2D eigenvalue weighted by molar-refractivity contribution is 5.87. The number of hydrogen-bond donors (Lipinski definition) is 1. The van der Waals surface area contributed by atoms with E-state index < -0.39 is 0 Å². The van der Waals surface area contributed by atoms with Crippen LogP contribution < -0.4 is 0 Å². The third-order valence-corrected chi connectivity index (χ3v) is 3.57. The molecule has 0 aliphatic heterocycles. The molecule has 0 radical (unpaired) electrons. The van der Waals surface area contributed by atoms with Gasteiger partial charge in [0.2, 0.25) is 0 Å². The molecular formula is C16H14FN. The number of fused-ring (bicyclic) bond motifs is 1. The number of rotatable bonds is 1. The van der Waals surface area contributed by atoms with Crippen LogP contribution in [-0.2, 0) is 6.42 Å². The number of nitrogens with one attached hydrogen (secondary N) is 1. The van der Waals surface area contributed by atoms with Crippen LogP contribution in [0.15, 0.2) is 48.5 Å². The molecule has 0 spiro atoms. The van der Waals surface area contributed by atoms with Crippen molar-refractivity contribution in [3.8, 4) is 0 Å². The van der Waals surface area contributed by atoms with Gasteiger partial charge in [-0.3, -0.25) is 0 Å². The minimum atomic E-state index is -0.174. The van der Waals surface area contributed by atoms with Crippen molar-refractivity contribution < 1.29 is 4.39 Å². The van der Waals surface area contributed by atoms with Crippen molar-refractivity contribution in [3.05, 3.63) is 71.0 Å². The summed E-state index contributed by atoms with van der Waals surface area (Å²) in [5, 5.41) is 7.95. The van der Waals surface area contributed by atoms with Gasteiger partial charge in [0.1, 0.15) is 5.82 Å². The zero-order chi connectivity index (χ0) is 12.5. The van der Waals surface area contributed by atoms with E-state index in [1.165, 1.54) is 11.6 Å². The van der Waals surface area contributed by atoms with Crippen LogP contribution in [0.2, 0.25) is 0 Å². The second-order valence-corrected chi connectivity index (χ2v) is 4.76. The Balaban J connectivity index is 2.13. The molecule has 1 nitrogen and oxygen atoms in total. The molecule has 0 saturated carbocycles. The van der Waals surface area contributed by atoms with Gasteiger partial charge in [0.05, 0.1) is 0 Å². The highest BCUT2D eigenvalue weighted by Crippen LogP contribution is 2.36. The molecule has 1 unspecified atom stereocenters. The molecule has 0 bridgehead atoms. The Labute approximate surface area is 106 Å². The van der Waals surface area contributed by atoms with Gasteiger partial charge in [-0.2, -0.15) is 0 Å². The second kappa shape index (κ2) is 4.37. The Morgan fingerprint density at radius 2 is 1.61 bits per heavy atom. The van der Waals surface area contributed by atoms with Crippen LogP contribution in [0, 0.1) is 11.2 Å². The SMILES string of the molecule is N=C1Cc2ccccc2C(c2ccccc2F)C1. The molecule has 0 aromatic heterocycles. The van der Waals surface area contributed by atoms with Gasteiger partial charge in [0.15, 0.2) is 0 Å². The first-order valence-corrected chi connectivity index (χ1v) is 6.14. The predicted octanol–water partition coefficient (Wildman–Crippen LogP) is 3.92. The van der Waals surface area contributed by atoms with Crippen LogP contribution in [0.5, 0.6) is 0 Å². The molecule has 1 aliphatic carbocycles. The zero-order valence-electron chi connectivity index (χ0n) is 9.99. The van der Waals surface area contributed by atoms with E-state index in [2.05, 4.69) is 6.07 Å². The summed E-state index contributed by atoms with van der Waals surface area (Å²) in [6, 6.07) is 15.0. The Bertz CT molecular complexity index is 604. The first kappa shape index (κ1) is 11.1. The van der Waals surface area contributed by atoms with Gasteiger partial charge >= 0.3 is 0 Å². The van der Waals surface area contributed by atoms with Crippen LogP contribution in [0.3, 0.4) is 0 Å². The predicted molar refractivity (Wildman–Crippen MR) is 70.7 cm³/mol. The fourth-order valence-electron chi connectivity index (χ4n) is 2.73. The Hall–Kier alpha value is -1.96. The van der Waals surface area contributed by atoms with Crippen molar-refractivity contribution in [1.29, 1.82) is 5.41 Å². The monoisotopic (exact) mass is 239 g/mol. The standard InChI is InChI=1S/C16H14FN/c17-16-8-4-3-7-14(16)15-10-12(18)9-11-5-1-2-6-13(11)15/h1-8,15,18H,9-10H2. The van der Waals surface area contributed by atoms with E-state index in [4.69, 9.17) is 5.41 Å². The fourth-order valence-corrected chi connectivity index (χ4v) is 2.73. The van der Waals surface area contributed by atoms with Crippen molar-refractivity contribution in [2.45, 2.75) is 18.8 Å². The molecule has 0 fully saturated rings. The molecule has 1 atom stereocenters. The van der Waals surface area contributed by atoms with Crippen molar-refractivity contribution in [1.82, 2.24) is 0 Å². The van der Waals surface area contributed by atoms with Crippen LogP contribution in [0.4, 0.5) is 4.39 Å². The molecule has 2 aromatic rings. The van der Waals surface area contributed by atoms with Crippen LogP contribution in [0.1, 0.15) is 29.0 Å². The molecule has 1 aliphatic rings. The maximum Gasteiger partial charge on any atom is 0.127 e. The maximum absolute atomic E-state index is 13.9. The van der Waals surface area contributed by atoms with E-state index in [9.17, 15) is 4.39 Å². The molecule has 18 heavy (non-hydrogen) atoms. The van der Waals surface area contributed by atoms with Gasteiger partial charge < -0.3 is 5.41 Å². The van der Waals surface area contributed by atoms with E-state index in [1.54, 1.807) is 6.07 Å². The average Bonchev–Trinajstić information content (AvgIpc) is 2.38. The lowest BCUT2D eigenvalue weighted by Crippen LogP contribution is -2.19. The molecule has 0 heterocycles. The molecule has 2 aromatic carbocycles. The number of halogens is 1. The Kier molecular flexibility index (Phi) is 2.71. The third-order valence-electron chi connectivity index (χ3n) is 3.57. The molecule has 90 valence electrons.